The zero-order chi connectivity index (χ0) is 25.6. The second-order valence-corrected chi connectivity index (χ2v) is 11.1. The molecule has 0 unspecified atom stereocenters. The Morgan fingerprint density at radius 1 is 1.06 bits per heavy atom. The lowest BCUT2D eigenvalue weighted by molar-refractivity contribution is -0.140. The number of sulfonamides is 1. The van der Waals surface area contributed by atoms with Gasteiger partial charge in [0.2, 0.25) is 21.8 Å². The van der Waals surface area contributed by atoms with Gasteiger partial charge in [0, 0.05) is 17.6 Å². The molecule has 9 heteroatoms. The predicted octanol–water partition coefficient (Wildman–Crippen LogP) is 4.05. The van der Waals surface area contributed by atoms with E-state index in [1.807, 2.05) is 58.9 Å². The van der Waals surface area contributed by atoms with E-state index in [1.165, 1.54) is 11.0 Å². The first-order chi connectivity index (χ1) is 15.8. The Bertz CT molecular complexity index is 1130. The summed E-state index contributed by atoms with van der Waals surface area (Å²) in [7, 11) is -3.80. The molecule has 0 aromatic heterocycles. The first-order valence-electron chi connectivity index (χ1n) is 11.2. The Balaban J connectivity index is 2.48. The van der Waals surface area contributed by atoms with Gasteiger partial charge >= 0.3 is 0 Å². The normalized spacial score (nSPS) is 12.4. The molecule has 0 bridgehead atoms. The highest BCUT2D eigenvalue weighted by Crippen LogP contribution is 2.25. The highest BCUT2D eigenvalue weighted by molar-refractivity contribution is 7.92. The third kappa shape index (κ3) is 7.21. The number of carbonyl (C=O) groups is 2. The number of hydrogen-bond acceptors (Lipinski definition) is 4. The number of halogens is 1. The molecular weight excluding hydrogens is 474 g/mol. The number of benzene rings is 2. The minimum atomic E-state index is -3.80. The number of carbonyl (C=O) groups excluding carboxylic acids is 2. The van der Waals surface area contributed by atoms with E-state index in [-0.39, 0.29) is 18.5 Å². The average molecular weight is 508 g/mol. The highest BCUT2D eigenvalue weighted by Gasteiger charge is 2.32. The number of rotatable bonds is 10. The predicted molar refractivity (Wildman–Crippen MR) is 137 cm³/mol. The van der Waals surface area contributed by atoms with E-state index in [2.05, 4.69) is 5.32 Å². The van der Waals surface area contributed by atoms with Crippen molar-refractivity contribution in [1.82, 2.24) is 10.2 Å². The van der Waals surface area contributed by atoms with Gasteiger partial charge < -0.3 is 10.2 Å². The van der Waals surface area contributed by atoms with Crippen molar-refractivity contribution >= 4 is 39.1 Å². The summed E-state index contributed by atoms with van der Waals surface area (Å²) in [6.45, 7) is 9.01. The van der Waals surface area contributed by atoms with Gasteiger partial charge in [-0.05, 0) is 62.9 Å². The van der Waals surface area contributed by atoms with Crippen LogP contribution in [0.3, 0.4) is 0 Å². The molecule has 1 N–H and O–H groups in total. The zero-order valence-corrected chi connectivity index (χ0v) is 22.2. The van der Waals surface area contributed by atoms with Gasteiger partial charge in [-0.25, -0.2) is 8.42 Å². The molecule has 0 saturated carbocycles. The van der Waals surface area contributed by atoms with Crippen LogP contribution in [-0.2, 0) is 26.2 Å². The van der Waals surface area contributed by atoms with Crippen LogP contribution < -0.4 is 9.62 Å². The Labute approximate surface area is 208 Å². The van der Waals surface area contributed by atoms with Crippen LogP contribution in [0.4, 0.5) is 5.69 Å². The number of nitrogens with zero attached hydrogens (tertiary/aromatic N) is 2. The van der Waals surface area contributed by atoms with E-state index < -0.39 is 28.5 Å². The third-order valence-corrected chi connectivity index (χ3v) is 7.09. The molecule has 0 aliphatic rings. The Kier molecular flexibility index (Phi) is 9.53. The maximum absolute atomic E-state index is 13.6. The van der Waals surface area contributed by atoms with Gasteiger partial charge in [-0.3, -0.25) is 13.9 Å². The third-order valence-electron chi connectivity index (χ3n) is 5.54. The van der Waals surface area contributed by atoms with Crippen LogP contribution in [-0.4, -0.2) is 50.0 Å². The van der Waals surface area contributed by atoms with E-state index in [1.54, 1.807) is 12.1 Å². The molecule has 7 nitrogen and oxygen atoms in total. The van der Waals surface area contributed by atoms with Crippen molar-refractivity contribution in [3.8, 4) is 0 Å². The number of aryl methyl sites for hydroxylation is 2. The summed E-state index contributed by atoms with van der Waals surface area (Å²) in [6, 6.07) is 11.6. The molecule has 0 aliphatic carbocycles. The monoisotopic (exact) mass is 507 g/mol. The summed E-state index contributed by atoms with van der Waals surface area (Å²) in [5.41, 5.74) is 2.95. The van der Waals surface area contributed by atoms with Crippen molar-refractivity contribution in [3.63, 3.8) is 0 Å². The van der Waals surface area contributed by atoms with Gasteiger partial charge in [-0.2, -0.15) is 0 Å². The molecular formula is C25H34ClN3O4S. The van der Waals surface area contributed by atoms with Crippen molar-refractivity contribution in [2.24, 2.45) is 0 Å². The highest BCUT2D eigenvalue weighted by atomic mass is 35.5. The lowest BCUT2D eigenvalue weighted by Crippen LogP contribution is -2.53. The van der Waals surface area contributed by atoms with E-state index >= 15 is 0 Å². The molecule has 186 valence electrons. The average Bonchev–Trinajstić information content (AvgIpc) is 2.73. The molecule has 1 atom stereocenters. The van der Waals surface area contributed by atoms with Crippen LogP contribution in [0.15, 0.2) is 42.5 Å². The fraction of sp³-hybridized carbons (Fsp3) is 0.440. The first kappa shape index (κ1) is 27.7. The molecule has 2 rings (SSSR count). The summed E-state index contributed by atoms with van der Waals surface area (Å²) in [4.78, 5) is 28.1. The van der Waals surface area contributed by atoms with Crippen LogP contribution in [0.1, 0.15) is 43.9 Å². The zero-order valence-electron chi connectivity index (χ0n) is 20.6. The second-order valence-electron chi connectivity index (χ2n) is 8.74. The van der Waals surface area contributed by atoms with Gasteiger partial charge in [-0.1, -0.05) is 48.9 Å². The molecule has 0 aliphatic heterocycles. The fourth-order valence-corrected chi connectivity index (χ4v) is 4.64. The maximum Gasteiger partial charge on any atom is 0.244 e. The molecule has 2 amide bonds. The van der Waals surface area contributed by atoms with Gasteiger partial charge in [-0.15, -0.1) is 0 Å². The minimum absolute atomic E-state index is 0.0980. The summed E-state index contributed by atoms with van der Waals surface area (Å²) in [6.07, 6.45) is 1.42. The quantitative estimate of drug-likeness (QED) is 0.525. The lowest BCUT2D eigenvalue weighted by Gasteiger charge is -2.33. The van der Waals surface area contributed by atoms with Gasteiger partial charge in [0.1, 0.15) is 12.6 Å². The number of amides is 2. The molecule has 2 aromatic rings. The van der Waals surface area contributed by atoms with Crippen molar-refractivity contribution in [2.75, 3.05) is 17.1 Å². The van der Waals surface area contributed by atoms with E-state index in [0.717, 1.165) is 27.3 Å². The summed E-state index contributed by atoms with van der Waals surface area (Å²) in [5.74, 6) is -0.750. The molecule has 0 heterocycles. The summed E-state index contributed by atoms with van der Waals surface area (Å²) < 4.78 is 26.3. The second kappa shape index (κ2) is 11.7. The van der Waals surface area contributed by atoms with Gasteiger partial charge in [0.15, 0.2) is 0 Å². The Hall–Kier alpha value is -2.58. The molecule has 0 fully saturated rings. The molecule has 34 heavy (non-hydrogen) atoms. The molecule has 0 radical (unpaired) electrons. The van der Waals surface area contributed by atoms with Crippen molar-refractivity contribution in [1.29, 1.82) is 0 Å². The van der Waals surface area contributed by atoms with Crippen LogP contribution in [0.2, 0.25) is 5.02 Å². The van der Waals surface area contributed by atoms with E-state index in [4.69, 9.17) is 11.6 Å². The largest absolute Gasteiger partial charge is 0.352 e. The number of hydrogen-bond donors (Lipinski definition) is 1. The van der Waals surface area contributed by atoms with Crippen LogP contribution >= 0.6 is 11.6 Å². The van der Waals surface area contributed by atoms with Gasteiger partial charge in [0.25, 0.3) is 0 Å². The van der Waals surface area contributed by atoms with Crippen molar-refractivity contribution in [2.45, 2.75) is 59.7 Å². The SMILES string of the molecule is CC[C@H](C(=O)NC(C)C)N(Cc1ccccc1C)C(=O)CN(c1ccc(C)c(Cl)c1)S(C)(=O)=O. The smallest absolute Gasteiger partial charge is 0.244 e. The maximum atomic E-state index is 13.6. The fourth-order valence-electron chi connectivity index (χ4n) is 3.62. The van der Waals surface area contributed by atoms with E-state index in [0.29, 0.717) is 17.1 Å². The van der Waals surface area contributed by atoms with Crippen LogP contribution in [0.25, 0.3) is 0 Å². The van der Waals surface area contributed by atoms with Crippen molar-refractivity contribution in [3.05, 3.63) is 64.2 Å². The molecule has 2 aromatic carbocycles. The molecule has 0 spiro atoms. The van der Waals surface area contributed by atoms with Crippen molar-refractivity contribution < 1.29 is 18.0 Å². The molecule has 0 saturated heterocycles. The minimum Gasteiger partial charge on any atom is -0.352 e. The number of nitrogens with one attached hydrogen (secondary N) is 1. The Morgan fingerprint density at radius 2 is 1.71 bits per heavy atom. The standard InChI is InChI=1S/C25H34ClN3O4S/c1-7-23(25(31)27-17(2)3)28(15-20-11-9-8-10-18(20)4)24(30)16-29(34(6,32)33)21-13-12-19(5)22(26)14-21/h8-14,17,23H,7,15-16H2,1-6H3,(H,27,31)/t23-/m1/s1. The lowest BCUT2D eigenvalue weighted by atomic mass is 10.1. The first-order valence-corrected chi connectivity index (χ1v) is 13.5. The Morgan fingerprint density at radius 3 is 2.24 bits per heavy atom. The summed E-state index contributed by atoms with van der Waals surface area (Å²) in [5, 5.41) is 3.28. The van der Waals surface area contributed by atoms with E-state index in [9.17, 15) is 18.0 Å². The summed E-state index contributed by atoms with van der Waals surface area (Å²) >= 11 is 6.22. The van der Waals surface area contributed by atoms with Gasteiger partial charge in [0.05, 0.1) is 11.9 Å². The van der Waals surface area contributed by atoms with Crippen LogP contribution in [0, 0.1) is 13.8 Å². The number of anilines is 1. The topological polar surface area (TPSA) is 86.8 Å². The van der Waals surface area contributed by atoms with Crippen LogP contribution in [0.5, 0.6) is 0 Å².